The van der Waals surface area contributed by atoms with E-state index in [2.05, 4.69) is 0 Å². The molecule has 0 aliphatic carbocycles. The summed E-state index contributed by atoms with van der Waals surface area (Å²) in [7, 11) is 1.61. The highest BCUT2D eigenvalue weighted by molar-refractivity contribution is 5.94. The van der Waals surface area contributed by atoms with E-state index in [9.17, 15) is 9.59 Å². The van der Waals surface area contributed by atoms with Gasteiger partial charge < -0.3 is 14.5 Å². The van der Waals surface area contributed by atoms with Crippen molar-refractivity contribution < 1.29 is 14.3 Å². The normalized spacial score (nSPS) is 15.3. The summed E-state index contributed by atoms with van der Waals surface area (Å²) in [6.07, 6.45) is 0.833. The molecule has 1 heterocycles. The third kappa shape index (κ3) is 2.86. The summed E-state index contributed by atoms with van der Waals surface area (Å²) < 4.78 is 5.18. The summed E-state index contributed by atoms with van der Waals surface area (Å²) in [5, 5.41) is 0. The highest BCUT2D eigenvalue weighted by atomic mass is 16.5. The molecule has 0 bridgehead atoms. The molecular formula is C14H18N2O3. The van der Waals surface area contributed by atoms with E-state index in [1.165, 1.54) is 0 Å². The number of ether oxygens (including phenoxy) is 1. The zero-order chi connectivity index (χ0) is 13.8. The fourth-order valence-electron chi connectivity index (χ4n) is 2.22. The van der Waals surface area contributed by atoms with Crippen LogP contribution >= 0.6 is 0 Å². The Balaban J connectivity index is 2.08. The molecule has 0 atom stereocenters. The molecule has 0 aromatic heterocycles. The minimum Gasteiger partial charge on any atom is -0.496 e. The molecule has 2 rings (SSSR count). The molecule has 1 fully saturated rings. The fourth-order valence-corrected chi connectivity index (χ4v) is 2.22. The highest BCUT2D eigenvalue weighted by Crippen LogP contribution is 2.19. The molecule has 0 N–H and O–H groups in total. The molecule has 2 amide bonds. The van der Waals surface area contributed by atoms with Crippen molar-refractivity contribution in [3.63, 3.8) is 0 Å². The number of hydrogen-bond acceptors (Lipinski definition) is 3. The lowest BCUT2D eigenvalue weighted by Gasteiger charge is -2.32. The number of nitrogens with zero attached hydrogens (tertiary/aromatic N) is 2. The van der Waals surface area contributed by atoms with E-state index in [4.69, 9.17) is 4.74 Å². The molecule has 0 saturated carbocycles. The van der Waals surface area contributed by atoms with Crippen molar-refractivity contribution in [2.24, 2.45) is 0 Å². The van der Waals surface area contributed by atoms with Gasteiger partial charge in [0.25, 0.3) is 5.91 Å². The molecule has 0 unspecified atom stereocenters. The Morgan fingerprint density at radius 2 is 1.95 bits per heavy atom. The zero-order valence-corrected chi connectivity index (χ0v) is 11.3. The molecule has 1 aromatic rings. The average Bonchev–Trinajstić information content (AvgIpc) is 2.46. The summed E-state index contributed by atoms with van der Waals surface area (Å²) in [4.78, 5) is 26.4. The van der Waals surface area contributed by atoms with Gasteiger partial charge in [0.2, 0.25) is 6.41 Å². The number of methoxy groups -OCH3 is 1. The van der Waals surface area contributed by atoms with Crippen molar-refractivity contribution in [3.8, 4) is 5.75 Å². The van der Waals surface area contributed by atoms with Crippen LogP contribution in [0.5, 0.6) is 5.75 Å². The lowest BCUT2D eigenvalue weighted by molar-refractivity contribution is -0.119. The largest absolute Gasteiger partial charge is 0.496 e. The minimum atomic E-state index is 0.0105. The molecule has 5 nitrogen and oxygen atoms in total. The topological polar surface area (TPSA) is 49.9 Å². The second-order valence-corrected chi connectivity index (χ2v) is 4.62. The quantitative estimate of drug-likeness (QED) is 0.761. The summed E-state index contributed by atoms with van der Waals surface area (Å²) in [5.74, 6) is 0.790. The Labute approximate surface area is 112 Å². The number of carbonyl (C=O) groups excluding carboxylic acids is 2. The number of carbonyl (C=O) groups is 2. The smallest absolute Gasteiger partial charge is 0.253 e. The van der Waals surface area contributed by atoms with Crippen LogP contribution in [-0.2, 0) is 4.79 Å². The number of aryl methyl sites for hydroxylation is 1. The summed E-state index contributed by atoms with van der Waals surface area (Å²) in [6, 6.07) is 5.43. The SMILES string of the molecule is COc1ccc(C(=O)N2CCN(C=O)CC2)cc1C. The van der Waals surface area contributed by atoms with E-state index in [-0.39, 0.29) is 5.91 Å². The maximum Gasteiger partial charge on any atom is 0.253 e. The Morgan fingerprint density at radius 3 is 2.47 bits per heavy atom. The van der Waals surface area contributed by atoms with Gasteiger partial charge in [-0.25, -0.2) is 0 Å². The van der Waals surface area contributed by atoms with Gasteiger partial charge in [-0.1, -0.05) is 0 Å². The standard InChI is InChI=1S/C14H18N2O3/c1-11-9-12(3-4-13(11)19-2)14(18)16-7-5-15(10-17)6-8-16/h3-4,9-10H,5-8H2,1-2H3. The summed E-state index contributed by atoms with van der Waals surface area (Å²) in [5.41, 5.74) is 1.61. The lowest BCUT2D eigenvalue weighted by Crippen LogP contribution is -2.48. The van der Waals surface area contributed by atoms with Gasteiger partial charge in [-0.2, -0.15) is 0 Å². The van der Waals surface area contributed by atoms with Crippen molar-refractivity contribution in [2.45, 2.75) is 6.92 Å². The number of rotatable bonds is 3. The molecule has 0 radical (unpaired) electrons. The van der Waals surface area contributed by atoms with E-state index in [0.29, 0.717) is 31.7 Å². The zero-order valence-electron chi connectivity index (χ0n) is 11.3. The van der Waals surface area contributed by atoms with Gasteiger partial charge in [0.05, 0.1) is 7.11 Å². The first-order valence-electron chi connectivity index (χ1n) is 6.29. The predicted molar refractivity (Wildman–Crippen MR) is 71.3 cm³/mol. The van der Waals surface area contributed by atoms with Crippen LogP contribution in [0.4, 0.5) is 0 Å². The van der Waals surface area contributed by atoms with Crippen LogP contribution in [0.25, 0.3) is 0 Å². The predicted octanol–water partition coefficient (Wildman–Crippen LogP) is 0.918. The first-order valence-corrected chi connectivity index (χ1v) is 6.29. The number of benzene rings is 1. The van der Waals surface area contributed by atoms with Crippen molar-refractivity contribution in [1.29, 1.82) is 0 Å². The van der Waals surface area contributed by atoms with Crippen molar-refractivity contribution in [2.75, 3.05) is 33.3 Å². The third-order valence-electron chi connectivity index (χ3n) is 3.39. The van der Waals surface area contributed by atoms with E-state index in [1.807, 2.05) is 19.1 Å². The molecule has 102 valence electrons. The van der Waals surface area contributed by atoms with Crippen LogP contribution < -0.4 is 4.74 Å². The van der Waals surface area contributed by atoms with Crippen molar-refractivity contribution in [1.82, 2.24) is 9.80 Å². The Kier molecular flexibility index (Phi) is 4.04. The van der Waals surface area contributed by atoms with Crippen LogP contribution in [0.1, 0.15) is 15.9 Å². The van der Waals surface area contributed by atoms with Crippen LogP contribution in [0.15, 0.2) is 18.2 Å². The fraction of sp³-hybridized carbons (Fsp3) is 0.429. The maximum atomic E-state index is 12.3. The highest BCUT2D eigenvalue weighted by Gasteiger charge is 2.21. The first-order chi connectivity index (χ1) is 9.15. The van der Waals surface area contributed by atoms with E-state index >= 15 is 0 Å². The maximum absolute atomic E-state index is 12.3. The second kappa shape index (κ2) is 5.73. The first kappa shape index (κ1) is 13.4. The van der Waals surface area contributed by atoms with E-state index in [0.717, 1.165) is 17.7 Å². The molecule has 1 aliphatic heterocycles. The van der Waals surface area contributed by atoms with Crippen LogP contribution in [0, 0.1) is 6.92 Å². The number of hydrogen-bond donors (Lipinski definition) is 0. The van der Waals surface area contributed by atoms with Gasteiger partial charge in [0.1, 0.15) is 5.75 Å². The lowest BCUT2D eigenvalue weighted by atomic mass is 10.1. The van der Waals surface area contributed by atoms with E-state index < -0.39 is 0 Å². The van der Waals surface area contributed by atoms with E-state index in [1.54, 1.807) is 23.0 Å². The number of piperazine rings is 1. The average molecular weight is 262 g/mol. The van der Waals surface area contributed by atoms with Gasteiger partial charge in [-0.3, -0.25) is 9.59 Å². The summed E-state index contributed by atoms with van der Waals surface area (Å²) >= 11 is 0. The molecule has 1 saturated heterocycles. The third-order valence-corrected chi connectivity index (χ3v) is 3.39. The molecule has 1 aliphatic rings. The minimum absolute atomic E-state index is 0.0105. The Bertz CT molecular complexity index is 480. The summed E-state index contributed by atoms with van der Waals surface area (Å²) in [6.45, 7) is 4.29. The van der Waals surface area contributed by atoms with Crippen LogP contribution in [0.2, 0.25) is 0 Å². The number of amides is 2. The van der Waals surface area contributed by atoms with Gasteiger partial charge in [-0.05, 0) is 30.7 Å². The van der Waals surface area contributed by atoms with Crippen molar-refractivity contribution in [3.05, 3.63) is 29.3 Å². The molecular weight excluding hydrogens is 244 g/mol. The van der Waals surface area contributed by atoms with Crippen LogP contribution in [0.3, 0.4) is 0 Å². The van der Waals surface area contributed by atoms with Gasteiger partial charge in [0, 0.05) is 31.7 Å². The van der Waals surface area contributed by atoms with Gasteiger partial charge >= 0.3 is 0 Å². The Hall–Kier alpha value is -2.04. The van der Waals surface area contributed by atoms with Gasteiger partial charge in [-0.15, -0.1) is 0 Å². The molecule has 0 spiro atoms. The molecule has 19 heavy (non-hydrogen) atoms. The van der Waals surface area contributed by atoms with Crippen LogP contribution in [-0.4, -0.2) is 55.4 Å². The Morgan fingerprint density at radius 1 is 1.26 bits per heavy atom. The second-order valence-electron chi connectivity index (χ2n) is 4.62. The molecule has 5 heteroatoms. The monoisotopic (exact) mass is 262 g/mol. The molecule has 1 aromatic carbocycles. The van der Waals surface area contributed by atoms with Gasteiger partial charge in [0.15, 0.2) is 0 Å². The van der Waals surface area contributed by atoms with Crippen molar-refractivity contribution >= 4 is 12.3 Å².